The lowest BCUT2D eigenvalue weighted by molar-refractivity contribution is 0.297. The molecule has 3 atom stereocenters. The average Bonchev–Trinajstić information content (AvgIpc) is 2.52. The SMILES string of the molecule is CSC1CCCCC1NC1CCCC(C)(C)CC1. The molecule has 106 valence electrons. The summed E-state index contributed by atoms with van der Waals surface area (Å²) in [5.74, 6) is 0. The van der Waals surface area contributed by atoms with E-state index in [2.05, 4.69) is 37.2 Å². The summed E-state index contributed by atoms with van der Waals surface area (Å²) in [6.45, 7) is 4.89. The molecule has 2 saturated carbocycles. The van der Waals surface area contributed by atoms with Gasteiger partial charge in [0, 0.05) is 17.3 Å². The van der Waals surface area contributed by atoms with E-state index in [0.717, 1.165) is 17.3 Å². The summed E-state index contributed by atoms with van der Waals surface area (Å²) < 4.78 is 0. The number of nitrogens with one attached hydrogen (secondary N) is 1. The molecule has 0 aromatic rings. The van der Waals surface area contributed by atoms with Gasteiger partial charge in [-0.25, -0.2) is 0 Å². The van der Waals surface area contributed by atoms with E-state index in [9.17, 15) is 0 Å². The van der Waals surface area contributed by atoms with Gasteiger partial charge in [0.2, 0.25) is 0 Å². The highest BCUT2D eigenvalue weighted by Gasteiger charge is 2.29. The Bertz CT molecular complexity index is 251. The standard InChI is InChI=1S/C16H31NS/c1-16(2)11-6-7-13(10-12-16)17-14-8-4-5-9-15(14)18-3/h13-15,17H,4-12H2,1-3H3. The molecule has 0 bridgehead atoms. The molecule has 2 rings (SSSR count). The molecule has 3 unspecified atom stereocenters. The summed E-state index contributed by atoms with van der Waals surface area (Å²) in [5, 5.41) is 4.89. The third-order valence-electron chi connectivity index (χ3n) is 5.03. The largest absolute Gasteiger partial charge is 0.310 e. The van der Waals surface area contributed by atoms with Gasteiger partial charge < -0.3 is 5.32 Å². The maximum absolute atomic E-state index is 4.02. The molecular weight excluding hydrogens is 238 g/mol. The molecule has 0 saturated heterocycles. The fraction of sp³-hybridized carbons (Fsp3) is 1.00. The molecule has 18 heavy (non-hydrogen) atoms. The van der Waals surface area contributed by atoms with E-state index < -0.39 is 0 Å². The molecule has 1 N–H and O–H groups in total. The summed E-state index contributed by atoms with van der Waals surface area (Å²) >= 11 is 2.08. The third-order valence-corrected chi connectivity index (χ3v) is 6.20. The topological polar surface area (TPSA) is 12.0 Å². The lowest BCUT2D eigenvalue weighted by Gasteiger charge is -2.34. The summed E-state index contributed by atoms with van der Waals surface area (Å²) in [5.41, 5.74) is 0.585. The highest BCUT2D eigenvalue weighted by molar-refractivity contribution is 7.99. The number of rotatable bonds is 3. The van der Waals surface area contributed by atoms with Crippen LogP contribution in [0.2, 0.25) is 0 Å². The van der Waals surface area contributed by atoms with Gasteiger partial charge in [-0.2, -0.15) is 11.8 Å². The lowest BCUT2D eigenvalue weighted by Crippen LogP contribution is -2.45. The van der Waals surface area contributed by atoms with Gasteiger partial charge in [0.25, 0.3) is 0 Å². The van der Waals surface area contributed by atoms with Crippen LogP contribution in [0.1, 0.15) is 71.6 Å². The predicted molar refractivity (Wildman–Crippen MR) is 83.3 cm³/mol. The van der Waals surface area contributed by atoms with Crippen LogP contribution in [0.25, 0.3) is 0 Å². The minimum absolute atomic E-state index is 0.585. The van der Waals surface area contributed by atoms with Gasteiger partial charge in [0.05, 0.1) is 0 Å². The van der Waals surface area contributed by atoms with Crippen LogP contribution in [0.5, 0.6) is 0 Å². The Kier molecular flexibility index (Phi) is 5.44. The first-order chi connectivity index (χ1) is 8.61. The highest BCUT2D eigenvalue weighted by Crippen LogP contribution is 2.35. The van der Waals surface area contributed by atoms with Crippen molar-refractivity contribution in [2.24, 2.45) is 5.41 Å². The third kappa shape index (κ3) is 4.16. The van der Waals surface area contributed by atoms with Crippen molar-refractivity contribution in [3.63, 3.8) is 0 Å². The predicted octanol–water partition coefficient (Wildman–Crippen LogP) is 4.61. The van der Waals surface area contributed by atoms with E-state index in [1.54, 1.807) is 0 Å². The first-order valence-corrected chi connectivity index (χ1v) is 9.18. The Hall–Kier alpha value is 0.310. The van der Waals surface area contributed by atoms with E-state index in [4.69, 9.17) is 0 Å². The molecule has 2 aliphatic rings. The molecule has 0 heterocycles. The zero-order valence-corrected chi connectivity index (χ0v) is 13.3. The minimum Gasteiger partial charge on any atom is -0.310 e. The van der Waals surface area contributed by atoms with Crippen molar-refractivity contribution in [1.82, 2.24) is 5.32 Å². The molecule has 2 heteroatoms. The van der Waals surface area contributed by atoms with Gasteiger partial charge in [0.1, 0.15) is 0 Å². The Balaban J connectivity index is 1.84. The second-order valence-corrected chi connectivity index (χ2v) is 8.20. The maximum Gasteiger partial charge on any atom is 0.0198 e. The maximum atomic E-state index is 4.02. The average molecular weight is 269 g/mol. The molecule has 2 fully saturated rings. The van der Waals surface area contributed by atoms with Gasteiger partial charge in [0.15, 0.2) is 0 Å². The molecule has 0 radical (unpaired) electrons. The van der Waals surface area contributed by atoms with Crippen molar-refractivity contribution in [3.8, 4) is 0 Å². The number of hydrogen-bond donors (Lipinski definition) is 1. The Morgan fingerprint density at radius 1 is 0.944 bits per heavy atom. The van der Waals surface area contributed by atoms with Crippen LogP contribution >= 0.6 is 11.8 Å². The number of thioether (sulfide) groups is 1. The monoisotopic (exact) mass is 269 g/mol. The Morgan fingerprint density at radius 2 is 1.72 bits per heavy atom. The van der Waals surface area contributed by atoms with Crippen molar-refractivity contribution in [1.29, 1.82) is 0 Å². The van der Waals surface area contributed by atoms with E-state index in [1.807, 2.05) is 0 Å². The van der Waals surface area contributed by atoms with Crippen LogP contribution in [0, 0.1) is 5.41 Å². The van der Waals surface area contributed by atoms with Crippen LogP contribution in [0.15, 0.2) is 0 Å². The second kappa shape index (κ2) is 6.65. The van der Waals surface area contributed by atoms with Crippen molar-refractivity contribution < 1.29 is 0 Å². The molecular formula is C16H31NS. The summed E-state index contributed by atoms with van der Waals surface area (Å²) in [6, 6.07) is 1.59. The van der Waals surface area contributed by atoms with Crippen LogP contribution in [0.3, 0.4) is 0 Å². The molecule has 0 spiro atoms. The summed E-state index contributed by atoms with van der Waals surface area (Å²) in [6.07, 6.45) is 15.0. The van der Waals surface area contributed by atoms with Gasteiger partial charge >= 0.3 is 0 Å². The molecule has 0 amide bonds. The van der Waals surface area contributed by atoms with Crippen LogP contribution in [0.4, 0.5) is 0 Å². The highest BCUT2D eigenvalue weighted by atomic mass is 32.2. The van der Waals surface area contributed by atoms with Gasteiger partial charge in [-0.3, -0.25) is 0 Å². The number of hydrogen-bond acceptors (Lipinski definition) is 2. The minimum atomic E-state index is 0.585. The fourth-order valence-electron chi connectivity index (χ4n) is 3.70. The van der Waals surface area contributed by atoms with E-state index in [-0.39, 0.29) is 0 Å². The molecule has 2 aliphatic carbocycles. The summed E-state index contributed by atoms with van der Waals surface area (Å²) in [7, 11) is 0. The Morgan fingerprint density at radius 3 is 2.50 bits per heavy atom. The molecule has 0 aromatic carbocycles. The first-order valence-electron chi connectivity index (χ1n) is 7.89. The zero-order valence-electron chi connectivity index (χ0n) is 12.5. The van der Waals surface area contributed by atoms with Crippen LogP contribution in [-0.4, -0.2) is 23.6 Å². The molecule has 1 nitrogen and oxygen atoms in total. The van der Waals surface area contributed by atoms with Crippen molar-refractivity contribution in [2.75, 3.05) is 6.26 Å². The fourth-order valence-corrected chi connectivity index (χ4v) is 4.65. The van der Waals surface area contributed by atoms with Crippen LogP contribution in [-0.2, 0) is 0 Å². The van der Waals surface area contributed by atoms with Crippen molar-refractivity contribution in [3.05, 3.63) is 0 Å². The quantitative estimate of drug-likeness (QED) is 0.751. The van der Waals surface area contributed by atoms with E-state index >= 15 is 0 Å². The molecule has 0 aliphatic heterocycles. The van der Waals surface area contributed by atoms with E-state index in [1.165, 1.54) is 57.8 Å². The second-order valence-electron chi connectivity index (χ2n) is 7.12. The van der Waals surface area contributed by atoms with Gasteiger partial charge in [-0.05, 0) is 50.2 Å². The Labute approximate surface area is 118 Å². The molecule has 0 aromatic heterocycles. The van der Waals surface area contributed by atoms with Crippen molar-refractivity contribution >= 4 is 11.8 Å². The van der Waals surface area contributed by atoms with E-state index in [0.29, 0.717) is 5.41 Å². The lowest BCUT2D eigenvalue weighted by atomic mass is 9.85. The zero-order chi connectivity index (χ0) is 13.0. The van der Waals surface area contributed by atoms with Gasteiger partial charge in [-0.15, -0.1) is 0 Å². The van der Waals surface area contributed by atoms with Gasteiger partial charge in [-0.1, -0.05) is 33.1 Å². The van der Waals surface area contributed by atoms with Crippen molar-refractivity contribution in [2.45, 2.75) is 89.0 Å². The first kappa shape index (κ1) is 14.7. The normalized spacial score (nSPS) is 37.2. The van der Waals surface area contributed by atoms with Crippen LogP contribution < -0.4 is 5.32 Å². The smallest absolute Gasteiger partial charge is 0.0198 e. The summed E-state index contributed by atoms with van der Waals surface area (Å²) in [4.78, 5) is 0.